The van der Waals surface area contributed by atoms with Crippen LogP contribution in [-0.2, 0) is 17.9 Å². The summed E-state index contributed by atoms with van der Waals surface area (Å²) in [6.45, 7) is 0.460. The van der Waals surface area contributed by atoms with E-state index in [2.05, 4.69) is 10.6 Å². The quantitative estimate of drug-likeness (QED) is 0.470. The third-order valence-electron chi connectivity index (χ3n) is 4.83. The van der Waals surface area contributed by atoms with Crippen LogP contribution in [0.2, 0.25) is 5.02 Å². The third kappa shape index (κ3) is 6.89. The van der Waals surface area contributed by atoms with Crippen LogP contribution in [0.3, 0.4) is 0 Å². The van der Waals surface area contributed by atoms with Crippen LogP contribution in [0.15, 0.2) is 66.7 Å². The van der Waals surface area contributed by atoms with Crippen LogP contribution < -0.4 is 24.8 Å². The average Bonchev–Trinajstić information content (AvgIpc) is 2.85. The molecule has 0 atom stereocenters. The summed E-state index contributed by atoms with van der Waals surface area (Å²) < 4.78 is 16.3. The molecule has 3 rings (SSSR count). The molecular formula is C25H25ClN2O5. The van der Waals surface area contributed by atoms with Crippen molar-refractivity contribution in [2.24, 2.45) is 0 Å². The Labute approximate surface area is 197 Å². The van der Waals surface area contributed by atoms with E-state index in [1.165, 1.54) is 7.11 Å². The van der Waals surface area contributed by atoms with E-state index < -0.39 is 5.91 Å². The van der Waals surface area contributed by atoms with Gasteiger partial charge in [0.1, 0.15) is 12.4 Å². The normalized spacial score (nSPS) is 10.3. The van der Waals surface area contributed by atoms with Crippen molar-refractivity contribution in [3.8, 4) is 17.2 Å². The molecule has 0 aromatic heterocycles. The molecule has 172 valence electrons. The molecule has 0 unspecified atom stereocenters. The second-order valence-corrected chi connectivity index (χ2v) is 7.46. The van der Waals surface area contributed by atoms with Gasteiger partial charge in [-0.2, -0.15) is 0 Å². The lowest BCUT2D eigenvalue weighted by molar-refractivity contribution is -0.120. The molecule has 3 aromatic rings. The van der Waals surface area contributed by atoms with Crippen LogP contribution in [0.4, 0.5) is 0 Å². The Morgan fingerprint density at radius 1 is 0.879 bits per heavy atom. The van der Waals surface area contributed by atoms with Crippen molar-refractivity contribution < 1.29 is 23.8 Å². The lowest BCUT2D eigenvalue weighted by Gasteiger charge is -2.13. The molecule has 0 saturated heterocycles. The van der Waals surface area contributed by atoms with Crippen molar-refractivity contribution in [1.82, 2.24) is 10.6 Å². The van der Waals surface area contributed by atoms with Crippen molar-refractivity contribution in [1.29, 1.82) is 0 Å². The lowest BCUT2D eigenvalue weighted by Crippen LogP contribution is -2.36. The summed E-state index contributed by atoms with van der Waals surface area (Å²) in [5.41, 5.74) is 2.11. The van der Waals surface area contributed by atoms with E-state index in [-0.39, 0.29) is 19.1 Å². The second kappa shape index (κ2) is 11.8. The minimum absolute atomic E-state index is 0.151. The topological polar surface area (TPSA) is 85.9 Å². The molecule has 0 saturated carbocycles. The zero-order valence-electron chi connectivity index (χ0n) is 18.4. The van der Waals surface area contributed by atoms with Gasteiger partial charge in [-0.25, -0.2) is 0 Å². The smallest absolute Gasteiger partial charge is 0.251 e. The molecule has 3 aromatic carbocycles. The largest absolute Gasteiger partial charge is 0.497 e. The third-order valence-corrected chi connectivity index (χ3v) is 5.19. The number of nitrogens with one attached hydrogen (secondary N) is 2. The molecule has 0 radical (unpaired) electrons. The lowest BCUT2D eigenvalue weighted by atomic mass is 10.2. The number of halogens is 1. The van der Waals surface area contributed by atoms with Crippen LogP contribution >= 0.6 is 11.6 Å². The number of benzene rings is 3. The van der Waals surface area contributed by atoms with Crippen LogP contribution in [0.5, 0.6) is 17.2 Å². The minimum Gasteiger partial charge on any atom is -0.497 e. The Morgan fingerprint density at radius 3 is 2.33 bits per heavy atom. The Hall–Kier alpha value is -3.71. The first-order chi connectivity index (χ1) is 16.0. The Bertz CT molecular complexity index is 1100. The van der Waals surface area contributed by atoms with Crippen molar-refractivity contribution in [3.05, 3.63) is 88.4 Å². The maximum Gasteiger partial charge on any atom is 0.251 e. The molecule has 0 heterocycles. The van der Waals surface area contributed by atoms with Gasteiger partial charge in [0.15, 0.2) is 11.5 Å². The maximum absolute atomic E-state index is 12.5. The Morgan fingerprint density at radius 2 is 1.64 bits per heavy atom. The van der Waals surface area contributed by atoms with Gasteiger partial charge in [0.05, 0.1) is 20.8 Å². The highest BCUT2D eigenvalue weighted by Gasteiger charge is 2.13. The predicted molar refractivity (Wildman–Crippen MR) is 126 cm³/mol. The summed E-state index contributed by atoms with van der Waals surface area (Å²) in [5, 5.41) is 5.98. The first kappa shape index (κ1) is 23.9. The Kier molecular flexibility index (Phi) is 8.55. The van der Waals surface area contributed by atoms with Gasteiger partial charge < -0.3 is 24.8 Å². The number of amides is 2. The molecule has 0 bridgehead atoms. The summed E-state index contributed by atoms with van der Waals surface area (Å²) in [6, 6.07) is 19.6. The summed E-state index contributed by atoms with van der Waals surface area (Å²) in [5.74, 6) is 0.925. The van der Waals surface area contributed by atoms with Gasteiger partial charge in [-0.05, 0) is 42.0 Å². The van der Waals surface area contributed by atoms with Crippen LogP contribution in [0.1, 0.15) is 21.5 Å². The molecule has 0 spiro atoms. The fraction of sp³-hybridized carbons (Fsp3) is 0.200. The molecule has 0 aliphatic heterocycles. The summed E-state index contributed by atoms with van der Waals surface area (Å²) in [6.07, 6.45) is 0. The first-order valence-corrected chi connectivity index (χ1v) is 10.6. The van der Waals surface area contributed by atoms with E-state index in [0.717, 1.165) is 16.9 Å². The van der Waals surface area contributed by atoms with Crippen LogP contribution in [0, 0.1) is 0 Å². The van der Waals surface area contributed by atoms with Gasteiger partial charge in [-0.3, -0.25) is 9.59 Å². The molecule has 2 N–H and O–H groups in total. The fourth-order valence-electron chi connectivity index (χ4n) is 2.97. The number of methoxy groups -OCH3 is 2. The van der Waals surface area contributed by atoms with E-state index in [1.807, 2.05) is 42.5 Å². The summed E-state index contributed by atoms with van der Waals surface area (Å²) >= 11 is 6.16. The second-order valence-electron chi connectivity index (χ2n) is 7.05. The molecule has 7 nitrogen and oxygen atoms in total. The summed E-state index contributed by atoms with van der Waals surface area (Å²) in [7, 11) is 3.09. The number of ether oxygens (including phenoxy) is 3. The van der Waals surface area contributed by atoms with E-state index in [1.54, 1.807) is 31.4 Å². The van der Waals surface area contributed by atoms with Gasteiger partial charge in [0.2, 0.25) is 5.91 Å². The monoisotopic (exact) mass is 468 g/mol. The molecule has 33 heavy (non-hydrogen) atoms. The number of carbonyl (C=O) groups excluding carboxylic acids is 2. The number of hydrogen-bond acceptors (Lipinski definition) is 5. The number of rotatable bonds is 10. The standard InChI is InChI=1S/C25H25ClN2O5/c1-31-20-10-7-17(8-11-20)14-27-24(29)15-28-25(30)18-9-12-22(23(13-18)32-2)33-16-19-5-3-4-6-21(19)26/h3-13H,14-16H2,1-2H3,(H,27,29)(H,28,30). The molecule has 0 aliphatic rings. The van der Waals surface area contributed by atoms with Crippen molar-refractivity contribution >= 4 is 23.4 Å². The highest BCUT2D eigenvalue weighted by molar-refractivity contribution is 6.31. The highest BCUT2D eigenvalue weighted by atomic mass is 35.5. The molecule has 2 amide bonds. The minimum atomic E-state index is -0.398. The SMILES string of the molecule is COc1ccc(CNC(=O)CNC(=O)c2ccc(OCc3ccccc3Cl)c(OC)c2)cc1. The maximum atomic E-state index is 12.5. The highest BCUT2D eigenvalue weighted by Crippen LogP contribution is 2.29. The van der Waals surface area contributed by atoms with E-state index in [0.29, 0.717) is 28.6 Å². The van der Waals surface area contributed by atoms with Gasteiger partial charge in [-0.15, -0.1) is 0 Å². The van der Waals surface area contributed by atoms with Gasteiger partial charge in [0, 0.05) is 22.7 Å². The van der Waals surface area contributed by atoms with Gasteiger partial charge in [-0.1, -0.05) is 41.9 Å². The fourth-order valence-corrected chi connectivity index (χ4v) is 3.16. The van der Waals surface area contributed by atoms with Crippen LogP contribution in [-0.4, -0.2) is 32.6 Å². The number of hydrogen-bond donors (Lipinski definition) is 2. The molecule has 8 heteroatoms. The first-order valence-electron chi connectivity index (χ1n) is 10.2. The van der Waals surface area contributed by atoms with Crippen LogP contribution in [0.25, 0.3) is 0 Å². The van der Waals surface area contributed by atoms with Crippen molar-refractivity contribution in [3.63, 3.8) is 0 Å². The predicted octanol–water partition coefficient (Wildman–Crippen LogP) is 3.98. The van der Waals surface area contributed by atoms with Crippen molar-refractivity contribution in [2.75, 3.05) is 20.8 Å². The van der Waals surface area contributed by atoms with E-state index >= 15 is 0 Å². The Balaban J connectivity index is 1.51. The zero-order chi connectivity index (χ0) is 23.6. The molecular weight excluding hydrogens is 444 g/mol. The zero-order valence-corrected chi connectivity index (χ0v) is 19.1. The van der Waals surface area contributed by atoms with Gasteiger partial charge in [0.25, 0.3) is 5.91 Å². The summed E-state index contributed by atoms with van der Waals surface area (Å²) in [4.78, 5) is 24.6. The van der Waals surface area contributed by atoms with Crippen molar-refractivity contribution in [2.45, 2.75) is 13.2 Å². The van der Waals surface area contributed by atoms with Gasteiger partial charge >= 0.3 is 0 Å². The molecule has 0 aliphatic carbocycles. The molecule has 0 fully saturated rings. The average molecular weight is 469 g/mol. The van der Waals surface area contributed by atoms with E-state index in [4.69, 9.17) is 25.8 Å². The van der Waals surface area contributed by atoms with E-state index in [9.17, 15) is 9.59 Å². The number of carbonyl (C=O) groups is 2.